The zero-order valence-electron chi connectivity index (χ0n) is 11.7. The molecule has 0 saturated carbocycles. The Morgan fingerprint density at radius 2 is 1.90 bits per heavy atom. The van der Waals surface area contributed by atoms with Crippen molar-refractivity contribution in [2.75, 3.05) is 20.3 Å². The first-order valence-electron chi connectivity index (χ1n) is 6.61. The molecule has 0 atom stereocenters. The van der Waals surface area contributed by atoms with E-state index in [1.807, 2.05) is 24.3 Å². The molecule has 112 valence electrons. The minimum absolute atomic E-state index is 0.275. The van der Waals surface area contributed by atoms with E-state index in [0.29, 0.717) is 36.8 Å². The third-order valence-electron chi connectivity index (χ3n) is 2.90. The largest absolute Gasteiger partial charge is 0.457 e. The van der Waals surface area contributed by atoms with Crippen molar-refractivity contribution in [2.24, 2.45) is 0 Å². The minimum Gasteiger partial charge on any atom is -0.457 e. The molecule has 3 nitrogen and oxygen atoms in total. The van der Waals surface area contributed by atoms with Crippen molar-refractivity contribution < 1.29 is 13.9 Å². The molecular weight excluding hydrogens is 384 g/mol. The summed E-state index contributed by atoms with van der Waals surface area (Å²) in [6.07, 6.45) is 0. The van der Waals surface area contributed by atoms with Crippen molar-refractivity contribution in [2.45, 2.75) is 6.54 Å². The summed E-state index contributed by atoms with van der Waals surface area (Å²) in [5, 5.41) is 3.13. The van der Waals surface area contributed by atoms with E-state index < -0.39 is 0 Å². The Labute approximate surface area is 137 Å². The van der Waals surface area contributed by atoms with Gasteiger partial charge >= 0.3 is 0 Å². The Bertz CT molecular complexity index is 575. The molecule has 0 unspecified atom stereocenters. The first kappa shape index (κ1) is 16.2. The van der Waals surface area contributed by atoms with Crippen LogP contribution in [0.15, 0.2) is 42.5 Å². The predicted molar refractivity (Wildman–Crippen MR) is 89.2 cm³/mol. The van der Waals surface area contributed by atoms with Crippen LogP contribution in [0.4, 0.5) is 4.39 Å². The van der Waals surface area contributed by atoms with Crippen molar-refractivity contribution in [1.82, 2.24) is 5.32 Å². The molecule has 0 bridgehead atoms. The van der Waals surface area contributed by atoms with Gasteiger partial charge in [-0.05, 0) is 59.0 Å². The molecule has 2 aromatic rings. The minimum atomic E-state index is -0.275. The number of methoxy groups -OCH3 is 1. The van der Waals surface area contributed by atoms with Crippen LogP contribution in [0.3, 0.4) is 0 Å². The fraction of sp³-hybridized carbons (Fsp3) is 0.250. The monoisotopic (exact) mass is 401 g/mol. The Morgan fingerprint density at radius 3 is 2.62 bits per heavy atom. The number of ether oxygens (including phenoxy) is 2. The van der Waals surface area contributed by atoms with E-state index in [1.54, 1.807) is 19.2 Å². The van der Waals surface area contributed by atoms with Crippen molar-refractivity contribution in [3.8, 4) is 11.5 Å². The third-order valence-corrected chi connectivity index (χ3v) is 3.62. The highest BCUT2D eigenvalue weighted by atomic mass is 127. The van der Waals surface area contributed by atoms with Crippen molar-refractivity contribution in [1.29, 1.82) is 0 Å². The van der Waals surface area contributed by atoms with Gasteiger partial charge in [-0.15, -0.1) is 0 Å². The predicted octanol–water partition coefficient (Wildman–Crippen LogP) is 3.96. The lowest BCUT2D eigenvalue weighted by molar-refractivity contribution is 0.199. The zero-order valence-corrected chi connectivity index (χ0v) is 13.9. The van der Waals surface area contributed by atoms with E-state index in [4.69, 9.17) is 9.47 Å². The van der Waals surface area contributed by atoms with Gasteiger partial charge in [0, 0.05) is 29.3 Å². The van der Waals surface area contributed by atoms with Gasteiger partial charge in [0.25, 0.3) is 0 Å². The molecule has 0 aliphatic rings. The molecule has 0 spiro atoms. The molecule has 2 aromatic carbocycles. The molecule has 0 fully saturated rings. The van der Waals surface area contributed by atoms with Crippen LogP contribution in [0.5, 0.6) is 11.5 Å². The van der Waals surface area contributed by atoms with Crippen LogP contribution in [0.1, 0.15) is 5.56 Å². The maximum Gasteiger partial charge on any atom is 0.134 e. The van der Waals surface area contributed by atoms with E-state index in [2.05, 4.69) is 27.9 Å². The first-order chi connectivity index (χ1) is 10.2. The molecule has 0 radical (unpaired) electrons. The van der Waals surface area contributed by atoms with Gasteiger partial charge in [-0.3, -0.25) is 0 Å². The maximum absolute atomic E-state index is 14.0. The van der Waals surface area contributed by atoms with Gasteiger partial charge in [0.2, 0.25) is 0 Å². The Kier molecular flexibility index (Phi) is 6.41. The number of rotatable bonds is 7. The van der Waals surface area contributed by atoms with E-state index in [0.717, 1.165) is 3.57 Å². The standard InChI is InChI=1S/C16H17FINO2/c1-20-10-9-19-11-14-15(17)3-2-4-16(14)21-13-7-5-12(18)6-8-13/h2-8,19H,9-11H2,1H3. The molecule has 1 N–H and O–H groups in total. The smallest absolute Gasteiger partial charge is 0.134 e. The SMILES string of the molecule is COCCNCc1c(F)cccc1Oc1ccc(I)cc1. The molecule has 0 aromatic heterocycles. The molecule has 0 amide bonds. The van der Waals surface area contributed by atoms with Crippen LogP contribution in [-0.4, -0.2) is 20.3 Å². The number of hydrogen-bond donors (Lipinski definition) is 1. The van der Waals surface area contributed by atoms with Crippen molar-refractivity contribution in [3.63, 3.8) is 0 Å². The van der Waals surface area contributed by atoms with E-state index in [-0.39, 0.29) is 5.82 Å². The summed E-state index contributed by atoms with van der Waals surface area (Å²) < 4.78 is 25.8. The molecule has 0 aliphatic heterocycles. The highest BCUT2D eigenvalue weighted by Crippen LogP contribution is 2.27. The quantitative estimate of drug-likeness (QED) is 0.563. The molecule has 0 saturated heterocycles. The summed E-state index contributed by atoms with van der Waals surface area (Å²) in [5.74, 6) is 0.947. The number of nitrogens with one attached hydrogen (secondary N) is 1. The summed E-state index contributed by atoms with van der Waals surface area (Å²) in [4.78, 5) is 0. The lowest BCUT2D eigenvalue weighted by atomic mass is 10.2. The number of benzene rings is 2. The Morgan fingerprint density at radius 1 is 1.14 bits per heavy atom. The summed E-state index contributed by atoms with van der Waals surface area (Å²) in [6, 6.07) is 12.5. The molecule has 0 aliphatic carbocycles. The average molecular weight is 401 g/mol. The van der Waals surface area contributed by atoms with Crippen molar-refractivity contribution in [3.05, 3.63) is 57.4 Å². The summed E-state index contributed by atoms with van der Waals surface area (Å²) in [7, 11) is 1.64. The number of halogens is 2. The number of hydrogen-bond acceptors (Lipinski definition) is 3. The van der Waals surface area contributed by atoms with Gasteiger partial charge in [0.15, 0.2) is 0 Å². The van der Waals surface area contributed by atoms with Crippen LogP contribution in [0, 0.1) is 9.39 Å². The molecule has 5 heteroatoms. The van der Waals surface area contributed by atoms with Gasteiger partial charge in [0.05, 0.1) is 6.61 Å². The summed E-state index contributed by atoms with van der Waals surface area (Å²) in [5.41, 5.74) is 0.521. The van der Waals surface area contributed by atoms with Crippen LogP contribution in [-0.2, 0) is 11.3 Å². The molecular formula is C16H17FINO2. The van der Waals surface area contributed by atoms with Gasteiger partial charge in [-0.1, -0.05) is 6.07 Å². The van der Waals surface area contributed by atoms with Crippen LogP contribution in [0.25, 0.3) is 0 Å². The first-order valence-corrected chi connectivity index (χ1v) is 7.69. The second kappa shape index (κ2) is 8.31. The molecule has 2 rings (SSSR count). The second-order valence-corrected chi connectivity index (χ2v) is 5.69. The highest BCUT2D eigenvalue weighted by Gasteiger charge is 2.10. The average Bonchev–Trinajstić information content (AvgIpc) is 2.48. The van der Waals surface area contributed by atoms with Crippen LogP contribution < -0.4 is 10.1 Å². The molecule has 0 heterocycles. The summed E-state index contributed by atoms with van der Waals surface area (Å²) in [6.45, 7) is 1.64. The van der Waals surface area contributed by atoms with Gasteiger partial charge < -0.3 is 14.8 Å². The second-order valence-electron chi connectivity index (χ2n) is 4.44. The normalized spacial score (nSPS) is 10.6. The van der Waals surface area contributed by atoms with Crippen LogP contribution in [0.2, 0.25) is 0 Å². The topological polar surface area (TPSA) is 30.5 Å². The van der Waals surface area contributed by atoms with Gasteiger partial charge in [0.1, 0.15) is 17.3 Å². The third kappa shape index (κ3) is 4.94. The lowest BCUT2D eigenvalue weighted by Gasteiger charge is -2.13. The zero-order chi connectivity index (χ0) is 15.1. The Balaban J connectivity index is 2.11. The fourth-order valence-corrected chi connectivity index (χ4v) is 2.18. The van der Waals surface area contributed by atoms with Gasteiger partial charge in [-0.2, -0.15) is 0 Å². The van der Waals surface area contributed by atoms with E-state index in [9.17, 15) is 4.39 Å². The maximum atomic E-state index is 14.0. The highest BCUT2D eigenvalue weighted by molar-refractivity contribution is 14.1. The van der Waals surface area contributed by atoms with Crippen LogP contribution >= 0.6 is 22.6 Å². The fourth-order valence-electron chi connectivity index (χ4n) is 1.82. The van der Waals surface area contributed by atoms with Gasteiger partial charge in [-0.25, -0.2) is 4.39 Å². The summed E-state index contributed by atoms with van der Waals surface area (Å²) >= 11 is 2.23. The van der Waals surface area contributed by atoms with E-state index in [1.165, 1.54) is 6.07 Å². The lowest BCUT2D eigenvalue weighted by Crippen LogP contribution is -2.19. The van der Waals surface area contributed by atoms with Crippen molar-refractivity contribution >= 4 is 22.6 Å². The molecule has 21 heavy (non-hydrogen) atoms. The Hall–Kier alpha value is -1.18. The van der Waals surface area contributed by atoms with E-state index >= 15 is 0 Å².